The molecule has 0 aliphatic carbocycles. The Hall–Kier alpha value is 0.474. The van der Waals surface area contributed by atoms with Gasteiger partial charge in [0.05, 0.1) is 0 Å². The Labute approximate surface area is 172 Å². The molecule has 0 aromatic rings. The van der Waals surface area contributed by atoms with Gasteiger partial charge in [0.1, 0.15) is 0 Å². The molecule has 0 saturated carbocycles. The van der Waals surface area contributed by atoms with E-state index in [1.807, 2.05) is 0 Å². The predicted molar refractivity (Wildman–Crippen MR) is 90.8 cm³/mol. The van der Waals surface area contributed by atoms with Crippen molar-refractivity contribution < 1.29 is 52.4 Å². The molecule has 0 saturated heterocycles. The van der Waals surface area contributed by atoms with E-state index in [1.54, 1.807) is 83.1 Å². The molecule has 0 bridgehead atoms. The van der Waals surface area contributed by atoms with Gasteiger partial charge in [0, 0.05) is 21.7 Å². The molecule has 25 heavy (non-hydrogen) atoms. The third-order valence-electron chi connectivity index (χ3n) is 0. The van der Waals surface area contributed by atoms with Crippen molar-refractivity contribution in [3.63, 3.8) is 0 Å². The van der Waals surface area contributed by atoms with Crippen LogP contribution in [0.1, 0.15) is 83.1 Å². The van der Waals surface area contributed by atoms with E-state index >= 15 is 0 Å². The van der Waals surface area contributed by atoms with Gasteiger partial charge in [0.15, 0.2) is 0 Å². The van der Waals surface area contributed by atoms with Crippen LogP contribution < -0.4 is 30.6 Å². The molecular weight excluding hydrogens is 360 g/mol. The second kappa shape index (κ2) is 39.5. The van der Waals surface area contributed by atoms with Crippen LogP contribution in [0.5, 0.6) is 0 Å². The summed E-state index contributed by atoms with van der Waals surface area (Å²) in [5, 5.41) is 57.2. The van der Waals surface area contributed by atoms with Crippen molar-refractivity contribution in [1.29, 1.82) is 0 Å². The van der Waals surface area contributed by atoms with Crippen molar-refractivity contribution >= 4 is 0 Å². The molecule has 0 aromatic carbocycles. The molecule has 0 aliphatic heterocycles. The molecule has 0 radical (unpaired) electrons. The minimum Gasteiger partial charge on any atom is -0.852 e. The van der Waals surface area contributed by atoms with Gasteiger partial charge in [-0.05, 0) is 0 Å². The van der Waals surface area contributed by atoms with Crippen molar-refractivity contribution in [1.82, 2.24) is 0 Å². The first-order valence-corrected chi connectivity index (χ1v) is 8.34. The topological polar surface area (TPSA) is 138 Å². The van der Waals surface area contributed by atoms with Gasteiger partial charge in [-0.15, -0.1) is 36.6 Å². The third kappa shape index (κ3) is 55000. The molecule has 0 rings (SSSR count). The second-order valence-corrected chi connectivity index (χ2v) is 6.29. The number of hydrogen-bond acceptors (Lipinski definition) is 6. The largest absolute Gasteiger partial charge is 0.852 e. The van der Waals surface area contributed by atoms with E-state index in [0.717, 1.165) is 0 Å². The summed E-state index contributed by atoms with van der Waals surface area (Å²) >= 11 is 0. The molecule has 7 heteroatoms. The third-order valence-corrected chi connectivity index (χ3v) is 0. The molecular formula is C18H42O6Ti-6. The maximum atomic E-state index is 9.53. The van der Waals surface area contributed by atoms with E-state index in [2.05, 4.69) is 0 Å². The zero-order valence-corrected chi connectivity index (χ0v) is 20.0. The average Bonchev–Trinajstić information content (AvgIpc) is 2.08. The first-order chi connectivity index (χ1) is 10.4. The van der Waals surface area contributed by atoms with E-state index in [9.17, 15) is 30.6 Å². The van der Waals surface area contributed by atoms with Crippen molar-refractivity contribution in [3.05, 3.63) is 0 Å². The van der Waals surface area contributed by atoms with Crippen LogP contribution in [0.15, 0.2) is 0 Å². The maximum absolute atomic E-state index is 9.53. The summed E-state index contributed by atoms with van der Waals surface area (Å²) in [6, 6.07) is 0. The first-order valence-electron chi connectivity index (χ1n) is 8.34. The zero-order valence-electron chi connectivity index (χ0n) is 18.4. The van der Waals surface area contributed by atoms with Crippen LogP contribution in [0.3, 0.4) is 0 Å². The predicted octanol–water partition coefficient (Wildman–Crippen LogP) is -1.47. The Morgan fingerprint density at radius 3 is 0.280 bits per heavy atom. The van der Waals surface area contributed by atoms with Gasteiger partial charge in [-0.2, -0.15) is 0 Å². The average molecular weight is 402 g/mol. The Morgan fingerprint density at radius 1 is 0.280 bits per heavy atom. The van der Waals surface area contributed by atoms with Gasteiger partial charge in [0.25, 0.3) is 0 Å². The summed E-state index contributed by atoms with van der Waals surface area (Å²) in [4.78, 5) is 0. The fourth-order valence-electron chi connectivity index (χ4n) is 0. The Balaban J connectivity index is -0.0000000309. The molecule has 0 N–H and O–H groups in total. The Bertz CT molecular complexity index is 101. The van der Waals surface area contributed by atoms with Crippen LogP contribution >= 0.6 is 0 Å². The van der Waals surface area contributed by atoms with Gasteiger partial charge >= 0.3 is 0 Å². The van der Waals surface area contributed by atoms with Gasteiger partial charge in [-0.25, -0.2) is 0 Å². The van der Waals surface area contributed by atoms with Crippen LogP contribution in [0, 0.1) is 0 Å². The standard InChI is InChI=1S/6C3H7O.Ti/c6*1-3(2)4;/h6*3H,1-2H3;/q6*-1;. The van der Waals surface area contributed by atoms with Crippen molar-refractivity contribution in [2.24, 2.45) is 0 Å². The molecule has 160 valence electrons. The minimum atomic E-state index is -0.417. The van der Waals surface area contributed by atoms with Crippen molar-refractivity contribution in [2.75, 3.05) is 0 Å². The van der Waals surface area contributed by atoms with Crippen LogP contribution in [0.4, 0.5) is 0 Å². The smallest absolute Gasteiger partial charge is 0 e. The molecule has 0 aliphatic rings. The van der Waals surface area contributed by atoms with E-state index in [4.69, 9.17) is 0 Å². The van der Waals surface area contributed by atoms with E-state index < -0.39 is 36.6 Å². The van der Waals surface area contributed by atoms with Crippen LogP contribution in [-0.2, 0) is 21.7 Å². The number of rotatable bonds is 0. The van der Waals surface area contributed by atoms with Gasteiger partial charge in [-0.3, -0.25) is 0 Å². The second-order valence-electron chi connectivity index (χ2n) is 6.29. The van der Waals surface area contributed by atoms with Gasteiger partial charge in [-0.1, -0.05) is 83.1 Å². The molecule has 0 aromatic heterocycles. The normalized spacial score (nSPS) is 8.64. The molecule has 0 unspecified atom stereocenters. The summed E-state index contributed by atoms with van der Waals surface area (Å²) in [5.41, 5.74) is 0. The molecule has 0 atom stereocenters. The monoisotopic (exact) mass is 402 g/mol. The molecule has 0 spiro atoms. The van der Waals surface area contributed by atoms with Crippen molar-refractivity contribution in [2.45, 2.75) is 120 Å². The SMILES string of the molecule is CC(C)[O-].CC(C)[O-].CC(C)[O-].CC(C)[O-].CC(C)[O-].CC(C)[O-].[Ti]. The summed E-state index contributed by atoms with van der Waals surface area (Å²) < 4.78 is 0. The Kier molecular flexibility index (Phi) is 70.7. The molecule has 0 fully saturated rings. The van der Waals surface area contributed by atoms with E-state index in [1.165, 1.54) is 0 Å². The quantitative estimate of drug-likeness (QED) is 0.453. The van der Waals surface area contributed by atoms with Crippen molar-refractivity contribution in [3.8, 4) is 0 Å². The molecule has 0 heterocycles. The van der Waals surface area contributed by atoms with Gasteiger partial charge in [0.2, 0.25) is 0 Å². The van der Waals surface area contributed by atoms with Crippen LogP contribution in [0.25, 0.3) is 0 Å². The summed E-state index contributed by atoms with van der Waals surface area (Å²) in [7, 11) is 0. The zero-order chi connectivity index (χ0) is 21.5. The summed E-state index contributed by atoms with van der Waals surface area (Å²) in [5.74, 6) is 0. The van der Waals surface area contributed by atoms with Gasteiger partial charge < -0.3 is 30.6 Å². The van der Waals surface area contributed by atoms with Crippen LogP contribution in [-0.4, -0.2) is 36.6 Å². The first kappa shape index (κ1) is 44.7. The maximum Gasteiger partial charge on any atom is 0 e. The molecule has 0 amide bonds. The fourth-order valence-corrected chi connectivity index (χ4v) is 0. The molecule has 6 nitrogen and oxygen atoms in total. The fraction of sp³-hybridized carbons (Fsp3) is 1.00. The Morgan fingerprint density at radius 2 is 0.280 bits per heavy atom. The van der Waals surface area contributed by atoms with E-state index in [0.29, 0.717) is 0 Å². The summed E-state index contributed by atoms with van der Waals surface area (Å²) in [6.45, 7) is 19.3. The summed E-state index contributed by atoms with van der Waals surface area (Å²) in [6.07, 6.45) is -2.50. The van der Waals surface area contributed by atoms with Crippen LogP contribution in [0.2, 0.25) is 0 Å². The number of hydrogen-bond donors (Lipinski definition) is 0. The van der Waals surface area contributed by atoms with E-state index in [-0.39, 0.29) is 21.7 Å². The minimum absolute atomic E-state index is 0.